The maximum absolute atomic E-state index is 12.6. The summed E-state index contributed by atoms with van der Waals surface area (Å²) in [6.07, 6.45) is 1.08. The van der Waals surface area contributed by atoms with Crippen molar-refractivity contribution in [1.82, 2.24) is 0 Å². The highest BCUT2D eigenvalue weighted by atomic mass is 16.3. The number of allylic oxidation sites excluding steroid dienone is 1. The standard InChI is InChI=1S/C25H22N2O3/c1-17(2)23(28)14-10-18-8-11-20(12-9-18)26-27-21-13-15-24(29)22(16-21)25(30)19-6-4-3-5-7-19/h3-9,11-13,15-16,29H,1,10,14H2,2H3. The molecular formula is C25H22N2O3. The Balaban J connectivity index is 1.71. The Kier molecular flexibility index (Phi) is 6.65. The topological polar surface area (TPSA) is 79.1 Å². The molecule has 3 aromatic rings. The Labute approximate surface area is 175 Å². The zero-order valence-corrected chi connectivity index (χ0v) is 16.7. The molecule has 0 aromatic heterocycles. The number of phenolic OH excluding ortho intramolecular Hbond substituents is 1. The molecule has 0 atom stereocenters. The molecule has 0 saturated carbocycles. The van der Waals surface area contributed by atoms with E-state index >= 15 is 0 Å². The van der Waals surface area contributed by atoms with E-state index in [2.05, 4.69) is 16.8 Å². The van der Waals surface area contributed by atoms with Crippen molar-refractivity contribution >= 4 is 22.9 Å². The number of benzene rings is 3. The van der Waals surface area contributed by atoms with Crippen LogP contribution in [-0.2, 0) is 11.2 Å². The van der Waals surface area contributed by atoms with Crippen molar-refractivity contribution in [1.29, 1.82) is 0 Å². The molecule has 0 aliphatic carbocycles. The molecule has 0 saturated heterocycles. The summed E-state index contributed by atoms with van der Waals surface area (Å²) in [6.45, 7) is 5.38. The number of phenols is 1. The molecule has 0 aliphatic heterocycles. The van der Waals surface area contributed by atoms with Crippen LogP contribution in [-0.4, -0.2) is 16.7 Å². The SMILES string of the molecule is C=C(C)C(=O)CCc1ccc(N=Nc2ccc(O)c(C(=O)c3ccccc3)c2)cc1. The summed E-state index contributed by atoms with van der Waals surface area (Å²) >= 11 is 0. The highest BCUT2D eigenvalue weighted by Crippen LogP contribution is 2.27. The third-order valence-electron chi connectivity index (χ3n) is 4.59. The van der Waals surface area contributed by atoms with Gasteiger partial charge in [-0.25, -0.2) is 0 Å². The van der Waals surface area contributed by atoms with Crippen LogP contribution in [0.25, 0.3) is 0 Å². The van der Waals surface area contributed by atoms with Crippen LogP contribution in [0.1, 0.15) is 34.8 Å². The minimum absolute atomic E-state index is 0.0620. The fourth-order valence-electron chi connectivity index (χ4n) is 2.83. The molecule has 0 amide bonds. The second-order valence-electron chi connectivity index (χ2n) is 6.97. The van der Waals surface area contributed by atoms with Crippen LogP contribution in [0, 0.1) is 0 Å². The summed E-state index contributed by atoms with van der Waals surface area (Å²) in [4.78, 5) is 24.3. The molecule has 150 valence electrons. The van der Waals surface area contributed by atoms with Crippen molar-refractivity contribution in [2.75, 3.05) is 0 Å². The summed E-state index contributed by atoms with van der Waals surface area (Å²) in [6, 6.07) is 20.8. The molecule has 0 unspecified atom stereocenters. The Bertz CT molecular complexity index is 1100. The lowest BCUT2D eigenvalue weighted by molar-refractivity contribution is -0.115. The molecular weight excluding hydrogens is 376 g/mol. The van der Waals surface area contributed by atoms with E-state index in [1.54, 1.807) is 37.3 Å². The first-order valence-corrected chi connectivity index (χ1v) is 9.56. The lowest BCUT2D eigenvalue weighted by Crippen LogP contribution is -2.01. The van der Waals surface area contributed by atoms with Gasteiger partial charge in [0.05, 0.1) is 16.9 Å². The van der Waals surface area contributed by atoms with Gasteiger partial charge in [0.25, 0.3) is 0 Å². The Hall–Kier alpha value is -3.86. The molecule has 5 heteroatoms. The highest BCUT2D eigenvalue weighted by molar-refractivity contribution is 6.11. The molecule has 30 heavy (non-hydrogen) atoms. The molecule has 3 aromatic carbocycles. The highest BCUT2D eigenvalue weighted by Gasteiger charge is 2.14. The van der Waals surface area contributed by atoms with E-state index in [4.69, 9.17) is 0 Å². The van der Waals surface area contributed by atoms with Gasteiger partial charge in [-0.2, -0.15) is 10.2 Å². The van der Waals surface area contributed by atoms with Gasteiger partial charge in [0, 0.05) is 12.0 Å². The predicted molar refractivity (Wildman–Crippen MR) is 117 cm³/mol. The smallest absolute Gasteiger partial charge is 0.196 e. The summed E-state index contributed by atoms with van der Waals surface area (Å²) in [5.41, 5.74) is 3.37. The number of Topliss-reactive ketones (excluding diaryl/α,β-unsaturated/α-hetero) is 1. The normalized spacial score (nSPS) is 10.8. The van der Waals surface area contributed by atoms with E-state index in [0.717, 1.165) is 5.56 Å². The molecule has 5 nitrogen and oxygen atoms in total. The maximum Gasteiger partial charge on any atom is 0.196 e. The van der Waals surface area contributed by atoms with Crippen LogP contribution in [0.4, 0.5) is 11.4 Å². The van der Waals surface area contributed by atoms with Gasteiger partial charge in [-0.05, 0) is 54.8 Å². The van der Waals surface area contributed by atoms with Crippen LogP contribution >= 0.6 is 0 Å². The predicted octanol–water partition coefficient (Wildman–Crippen LogP) is 6.12. The molecule has 0 fully saturated rings. The molecule has 0 radical (unpaired) electrons. The number of carbonyl (C=O) groups excluding carboxylic acids is 2. The third-order valence-corrected chi connectivity index (χ3v) is 4.59. The van der Waals surface area contributed by atoms with Crippen LogP contribution in [0.5, 0.6) is 5.75 Å². The fraction of sp³-hybridized carbons (Fsp3) is 0.120. The molecule has 3 rings (SSSR count). The average Bonchev–Trinajstić information content (AvgIpc) is 2.77. The summed E-state index contributed by atoms with van der Waals surface area (Å²) < 4.78 is 0. The zero-order chi connectivity index (χ0) is 21.5. The lowest BCUT2D eigenvalue weighted by atomic mass is 10.0. The van der Waals surface area contributed by atoms with Gasteiger partial charge in [-0.15, -0.1) is 0 Å². The van der Waals surface area contributed by atoms with Gasteiger partial charge < -0.3 is 5.11 Å². The van der Waals surface area contributed by atoms with E-state index in [1.807, 2.05) is 30.3 Å². The van der Waals surface area contributed by atoms with E-state index in [9.17, 15) is 14.7 Å². The number of aryl methyl sites for hydroxylation is 1. The van der Waals surface area contributed by atoms with Gasteiger partial charge >= 0.3 is 0 Å². The Morgan fingerprint density at radius 2 is 1.53 bits per heavy atom. The molecule has 0 aliphatic rings. The van der Waals surface area contributed by atoms with Crippen molar-refractivity contribution in [2.45, 2.75) is 19.8 Å². The van der Waals surface area contributed by atoms with E-state index in [-0.39, 0.29) is 22.9 Å². The number of azo groups is 1. The van der Waals surface area contributed by atoms with Crippen molar-refractivity contribution in [3.8, 4) is 5.75 Å². The van der Waals surface area contributed by atoms with E-state index in [1.165, 1.54) is 12.1 Å². The number of nitrogens with zero attached hydrogens (tertiary/aromatic N) is 2. The van der Waals surface area contributed by atoms with Crippen LogP contribution in [0.15, 0.2) is 95.2 Å². The van der Waals surface area contributed by atoms with Crippen LogP contribution < -0.4 is 0 Å². The van der Waals surface area contributed by atoms with Crippen LogP contribution in [0.2, 0.25) is 0 Å². The van der Waals surface area contributed by atoms with Gasteiger partial charge in [0.15, 0.2) is 11.6 Å². The van der Waals surface area contributed by atoms with Crippen molar-refractivity contribution in [3.63, 3.8) is 0 Å². The Morgan fingerprint density at radius 1 is 0.900 bits per heavy atom. The maximum atomic E-state index is 12.6. The minimum Gasteiger partial charge on any atom is -0.507 e. The fourth-order valence-corrected chi connectivity index (χ4v) is 2.83. The van der Waals surface area contributed by atoms with Crippen molar-refractivity contribution in [3.05, 3.63) is 102 Å². The molecule has 0 heterocycles. The zero-order valence-electron chi connectivity index (χ0n) is 16.7. The second kappa shape index (κ2) is 9.56. The number of hydrogen-bond acceptors (Lipinski definition) is 5. The minimum atomic E-state index is -0.279. The molecule has 0 spiro atoms. The summed E-state index contributed by atoms with van der Waals surface area (Å²) in [5.74, 6) is -0.317. The average molecular weight is 398 g/mol. The summed E-state index contributed by atoms with van der Waals surface area (Å²) in [7, 11) is 0. The molecule has 0 bridgehead atoms. The monoisotopic (exact) mass is 398 g/mol. The van der Waals surface area contributed by atoms with Gasteiger partial charge in [-0.1, -0.05) is 49.0 Å². The number of aromatic hydroxyl groups is 1. The van der Waals surface area contributed by atoms with Gasteiger partial charge in [0.2, 0.25) is 0 Å². The quantitative estimate of drug-likeness (QED) is 0.282. The number of hydrogen-bond donors (Lipinski definition) is 1. The van der Waals surface area contributed by atoms with Crippen LogP contribution in [0.3, 0.4) is 0 Å². The van der Waals surface area contributed by atoms with E-state index in [0.29, 0.717) is 35.4 Å². The van der Waals surface area contributed by atoms with Gasteiger partial charge in [0.1, 0.15) is 5.75 Å². The van der Waals surface area contributed by atoms with E-state index < -0.39 is 0 Å². The first-order valence-electron chi connectivity index (χ1n) is 9.56. The van der Waals surface area contributed by atoms with Gasteiger partial charge in [-0.3, -0.25) is 9.59 Å². The number of carbonyl (C=O) groups is 2. The Morgan fingerprint density at radius 3 is 2.20 bits per heavy atom. The first kappa shape index (κ1) is 20.9. The van der Waals surface area contributed by atoms with Crippen molar-refractivity contribution < 1.29 is 14.7 Å². The summed E-state index contributed by atoms with van der Waals surface area (Å²) in [5, 5.41) is 18.5. The largest absolute Gasteiger partial charge is 0.507 e. The first-order chi connectivity index (χ1) is 14.4. The lowest BCUT2D eigenvalue weighted by Gasteiger charge is -2.05. The van der Waals surface area contributed by atoms with Crippen molar-refractivity contribution in [2.24, 2.45) is 10.2 Å². The number of rotatable bonds is 8. The third kappa shape index (κ3) is 5.35. The second-order valence-corrected chi connectivity index (χ2v) is 6.97. The number of ketones is 2. The molecule has 1 N–H and O–H groups in total.